The Bertz CT molecular complexity index is 529. The number of ether oxygens (including phenoxy) is 1. The zero-order valence-corrected chi connectivity index (χ0v) is 10.6. The van der Waals surface area contributed by atoms with Gasteiger partial charge >= 0.3 is 24.2 Å². The van der Waals surface area contributed by atoms with E-state index in [1.165, 1.54) is 19.4 Å². The summed E-state index contributed by atoms with van der Waals surface area (Å²) < 4.78 is 72.0. The number of nitrogens with one attached hydrogen (secondary N) is 1. The lowest BCUT2D eigenvalue weighted by molar-refractivity contribution is -0.192. The molecule has 0 aliphatic heterocycles. The maximum Gasteiger partial charge on any atom is 0.490 e. The number of pyridine rings is 1. The Morgan fingerprint density at radius 3 is 2.00 bits per heavy atom. The van der Waals surface area contributed by atoms with Gasteiger partial charge in [0.2, 0.25) is 0 Å². The fraction of sp³-hybridized carbons (Fsp3) is 0.300. The third kappa shape index (κ3) is 7.31. The van der Waals surface area contributed by atoms with Gasteiger partial charge in [-0.05, 0) is 0 Å². The summed E-state index contributed by atoms with van der Waals surface area (Å²) in [6.45, 7) is 0. The Morgan fingerprint density at radius 1 is 1.14 bits per heavy atom. The molecule has 0 saturated carbocycles. The number of carboxylic acids is 1. The minimum absolute atomic E-state index is 0.0725. The highest BCUT2D eigenvalue weighted by molar-refractivity contribution is 5.94. The van der Waals surface area contributed by atoms with Crippen molar-refractivity contribution in [1.82, 2.24) is 4.98 Å². The number of nitrogens with zero attached hydrogens (tertiary/aromatic N) is 1. The Hall–Kier alpha value is -2.53. The molecule has 22 heavy (non-hydrogen) atoms. The van der Waals surface area contributed by atoms with Crippen molar-refractivity contribution >= 4 is 17.6 Å². The molecule has 0 aliphatic rings. The van der Waals surface area contributed by atoms with Crippen LogP contribution in [-0.2, 0) is 9.59 Å². The zero-order valence-electron chi connectivity index (χ0n) is 10.6. The number of carbonyl (C=O) groups is 2. The van der Waals surface area contributed by atoms with Crippen molar-refractivity contribution in [3.63, 3.8) is 0 Å². The van der Waals surface area contributed by atoms with E-state index in [0.717, 1.165) is 6.20 Å². The molecule has 0 aromatic carbocycles. The van der Waals surface area contributed by atoms with Gasteiger partial charge < -0.3 is 15.2 Å². The summed E-state index contributed by atoms with van der Waals surface area (Å²) >= 11 is 0. The molecular weight excluding hydrogens is 326 g/mol. The van der Waals surface area contributed by atoms with Crippen molar-refractivity contribution in [2.75, 3.05) is 12.4 Å². The van der Waals surface area contributed by atoms with E-state index >= 15 is 0 Å². The molecule has 0 aliphatic carbocycles. The van der Waals surface area contributed by atoms with Gasteiger partial charge in [0, 0.05) is 6.07 Å². The van der Waals surface area contributed by atoms with Crippen molar-refractivity contribution in [2.24, 2.45) is 0 Å². The normalized spacial score (nSPS) is 11.0. The van der Waals surface area contributed by atoms with Crippen molar-refractivity contribution < 1.29 is 45.8 Å². The monoisotopic (exact) mass is 334 g/mol. The molecule has 1 amide bonds. The van der Waals surface area contributed by atoms with Crippen LogP contribution in [0.3, 0.4) is 0 Å². The summed E-state index contributed by atoms with van der Waals surface area (Å²) in [5.74, 6) is -4.54. The molecule has 0 spiro atoms. The summed E-state index contributed by atoms with van der Waals surface area (Å²) in [6.07, 6.45) is -7.60. The quantitative estimate of drug-likeness (QED) is 0.810. The number of alkyl halides is 6. The average Bonchev–Trinajstić information content (AvgIpc) is 2.37. The van der Waals surface area contributed by atoms with Gasteiger partial charge in [-0.1, -0.05) is 0 Å². The molecule has 124 valence electrons. The molecule has 6 nitrogen and oxygen atoms in total. The maximum atomic E-state index is 11.9. The van der Waals surface area contributed by atoms with E-state index in [9.17, 15) is 31.1 Å². The van der Waals surface area contributed by atoms with Crippen molar-refractivity contribution in [2.45, 2.75) is 12.4 Å². The first kappa shape index (κ1) is 19.5. The molecule has 0 fully saturated rings. The minimum atomic E-state index is -5.08. The standard InChI is InChI=1S/C8H7F3N2O2.C2HF3O2/c1-15-6-2-5(3-12-4-6)13-7(14)8(9,10)11;3-2(4,5)1(6)7/h2-4H,1H3,(H,13,14);(H,6,7). The van der Waals surface area contributed by atoms with E-state index in [4.69, 9.17) is 14.6 Å². The van der Waals surface area contributed by atoms with Crippen LogP contribution in [0.5, 0.6) is 5.75 Å². The highest BCUT2D eigenvalue weighted by Crippen LogP contribution is 2.20. The largest absolute Gasteiger partial charge is 0.495 e. The smallest absolute Gasteiger partial charge is 0.490 e. The number of rotatable bonds is 2. The molecule has 0 unspecified atom stereocenters. The van der Waals surface area contributed by atoms with Crippen LogP contribution >= 0.6 is 0 Å². The molecule has 1 heterocycles. The number of hydrogen-bond donors (Lipinski definition) is 2. The Kier molecular flexibility index (Phi) is 6.61. The van der Waals surface area contributed by atoms with E-state index in [2.05, 4.69) is 4.98 Å². The molecule has 1 aromatic rings. The summed E-state index contributed by atoms with van der Waals surface area (Å²) in [5.41, 5.74) is -0.0725. The Balaban J connectivity index is 0.000000534. The van der Waals surface area contributed by atoms with Gasteiger partial charge in [-0.15, -0.1) is 0 Å². The van der Waals surface area contributed by atoms with Crippen LogP contribution < -0.4 is 10.1 Å². The lowest BCUT2D eigenvalue weighted by atomic mass is 10.4. The number of halogens is 6. The molecule has 0 radical (unpaired) electrons. The molecule has 2 N–H and O–H groups in total. The van der Waals surface area contributed by atoms with Crippen LogP contribution in [0, 0.1) is 0 Å². The van der Waals surface area contributed by atoms with Gasteiger partial charge in [-0.3, -0.25) is 9.78 Å². The first-order valence-electron chi connectivity index (χ1n) is 5.05. The first-order chi connectivity index (χ1) is 9.87. The third-order valence-corrected chi connectivity index (χ3v) is 1.71. The average molecular weight is 334 g/mol. The molecule has 1 rings (SSSR count). The van der Waals surface area contributed by atoms with Crippen LogP contribution in [0.15, 0.2) is 18.5 Å². The maximum absolute atomic E-state index is 11.9. The predicted octanol–water partition coefficient (Wildman–Crippen LogP) is 2.22. The summed E-state index contributed by atoms with van der Waals surface area (Å²) in [6, 6.07) is 1.23. The number of methoxy groups -OCH3 is 1. The lowest BCUT2D eigenvalue weighted by Gasteiger charge is -2.08. The summed E-state index contributed by atoms with van der Waals surface area (Å²) in [7, 11) is 1.34. The molecule has 0 atom stereocenters. The highest BCUT2D eigenvalue weighted by Gasteiger charge is 2.39. The second-order valence-electron chi connectivity index (χ2n) is 3.37. The number of hydrogen-bond acceptors (Lipinski definition) is 4. The van der Waals surface area contributed by atoms with E-state index in [1.54, 1.807) is 5.32 Å². The molecule has 0 saturated heterocycles. The topological polar surface area (TPSA) is 88.5 Å². The number of aliphatic carboxylic acids is 1. The van der Waals surface area contributed by atoms with Crippen LogP contribution in [0.4, 0.5) is 32.0 Å². The van der Waals surface area contributed by atoms with Gasteiger partial charge in [0.05, 0.1) is 25.2 Å². The van der Waals surface area contributed by atoms with Crippen molar-refractivity contribution in [3.8, 4) is 5.75 Å². The molecule has 1 aromatic heterocycles. The van der Waals surface area contributed by atoms with Crippen molar-refractivity contribution in [1.29, 1.82) is 0 Å². The number of carboxylic acid groups (broad SMARTS) is 1. The number of anilines is 1. The molecular formula is C10H8F6N2O4. The minimum Gasteiger partial charge on any atom is -0.495 e. The van der Waals surface area contributed by atoms with Crippen LogP contribution in [0.1, 0.15) is 0 Å². The number of amides is 1. The van der Waals surface area contributed by atoms with E-state index < -0.39 is 24.2 Å². The third-order valence-electron chi connectivity index (χ3n) is 1.71. The summed E-state index contributed by atoms with van der Waals surface area (Å²) in [4.78, 5) is 23.0. The Morgan fingerprint density at radius 2 is 1.64 bits per heavy atom. The fourth-order valence-electron chi connectivity index (χ4n) is 0.801. The molecule has 12 heteroatoms. The van der Waals surface area contributed by atoms with E-state index in [0.29, 0.717) is 0 Å². The fourth-order valence-corrected chi connectivity index (χ4v) is 0.801. The highest BCUT2D eigenvalue weighted by atomic mass is 19.4. The van der Waals surface area contributed by atoms with Gasteiger partial charge in [0.15, 0.2) is 0 Å². The number of aromatic nitrogens is 1. The summed E-state index contributed by atoms with van der Waals surface area (Å²) in [5, 5.41) is 8.78. The van der Waals surface area contributed by atoms with E-state index in [-0.39, 0.29) is 11.4 Å². The first-order valence-corrected chi connectivity index (χ1v) is 5.05. The molecule has 0 bridgehead atoms. The zero-order chi connectivity index (χ0) is 17.6. The number of carbonyl (C=O) groups excluding carboxylic acids is 1. The lowest BCUT2D eigenvalue weighted by Crippen LogP contribution is -2.29. The van der Waals surface area contributed by atoms with Crippen molar-refractivity contribution in [3.05, 3.63) is 18.5 Å². The van der Waals surface area contributed by atoms with E-state index in [1.807, 2.05) is 0 Å². The predicted molar refractivity (Wildman–Crippen MR) is 59.2 cm³/mol. The van der Waals surface area contributed by atoms with Crippen LogP contribution in [0.2, 0.25) is 0 Å². The van der Waals surface area contributed by atoms with Gasteiger partial charge in [0.1, 0.15) is 5.75 Å². The van der Waals surface area contributed by atoms with Gasteiger partial charge in [0.25, 0.3) is 0 Å². The second kappa shape index (κ2) is 7.47. The Labute approximate surface area is 118 Å². The van der Waals surface area contributed by atoms with Crippen LogP contribution in [-0.4, -0.2) is 41.4 Å². The SMILES string of the molecule is COc1cncc(NC(=O)C(F)(F)F)c1.O=C(O)C(F)(F)F. The van der Waals surface area contributed by atoms with Gasteiger partial charge in [-0.2, -0.15) is 26.3 Å². The second-order valence-corrected chi connectivity index (χ2v) is 3.37. The van der Waals surface area contributed by atoms with Gasteiger partial charge in [-0.25, -0.2) is 4.79 Å². The van der Waals surface area contributed by atoms with Crippen LogP contribution in [0.25, 0.3) is 0 Å².